The SMILES string of the molecule is CC(c1cccc2ccccc12)P(=O)(O)Oc1ccccc1CC(=O)O. The Morgan fingerprint density at radius 3 is 2.46 bits per heavy atom. The maximum absolute atomic E-state index is 13.0. The number of carboxylic acids is 1. The summed E-state index contributed by atoms with van der Waals surface area (Å²) in [4.78, 5) is 21.6. The topological polar surface area (TPSA) is 83.8 Å². The van der Waals surface area contributed by atoms with Crippen molar-refractivity contribution in [3.8, 4) is 5.75 Å². The maximum atomic E-state index is 13.0. The molecule has 0 aliphatic rings. The van der Waals surface area contributed by atoms with Crippen molar-refractivity contribution in [3.63, 3.8) is 0 Å². The van der Waals surface area contributed by atoms with E-state index < -0.39 is 19.2 Å². The van der Waals surface area contributed by atoms with Crippen LogP contribution in [0.1, 0.15) is 23.7 Å². The molecule has 5 nitrogen and oxygen atoms in total. The van der Waals surface area contributed by atoms with Gasteiger partial charge in [-0.2, -0.15) is 0 Å². The smallest absolute Gasteiger partial charge is 0.383 e. The average molecular weight is 370 g/mol. The Hall–Kier alpha value is -2.62. The van der Waals surface area contributed by atoms with Crippen LogP contribution in [0.5, 0.6) is 5.75 Å². The third kappa shape index (κ3) is 3.79. The summed E-state index contributed by atoms with van der Waals surface area (Å²) in [6, 6.07) is 19.6. The molecule has 3 aromatic rings. The molecule has 0 aliphatic heterocycles. The van der Waals surface area contributed by atoms with Gasteiger partial charge in [-0.15, -0.1) is 0 Å². The molecule has 0 radical (unpaired) electrons. The van der Waals surface area contributed by atoms with Crippen LogP contribution in [-0.4, -0.2) is 16.0 Å². The van der Waals surface area contributed by atoms with Crippen molar-refractivity contribution in [2.75, 3.05) is 0 Å². The van der Waals surface area contributed by atoms with E-state index in [0.717, 1.165) is 10.8 Å². The van der Waals surface area contributed by atoms with E-state index in [0.29, 0.717) is 11.1 Å². The van der Waals surface area contributed by atoms with Crippen LogP contribution in [0.25, 0.3) is 10.8 Å². The second-order valence-corrected chi connectivity index (χ2v) is 8.16. The Morgan fingerprint density at radius 1 is 1.04 bits per heavy atom. The Kier molecular flexibility index (Phi) is 5.12. The summed E-state index contributed by atoms with van der Waals surface area (Å²) in [6.45, 7) is 1.64. The molecule has 0 heterocycles. The van der Waals surface area contributed by atoms with Crippen LogP contribution in [0.2, 0.25) is 0 Å². The lowest BCUT2D eigenvalue weighted by Crippen LogP contribution is -2.06. The van der Waals surface area contributed by atoms with E-state index in [2.05, 4.69) is 0 Å². The Labute approximate surface area is 151 Å². The fraction of sp³-hybridized carbons (Fsp3) is 0.150. The van der Waals surface area contributed by atoms with E-state index in [1.165, 1.54) is 6.07 Å². The minimum atomic E-state index is -4.10. The molecule has 6 heteroatoms. The number of carboxylic acid groups (broad SMARTS) is 1. The molecule has 0 aromatic heterocycles. The van der Waals surface area contributed by atoms with Crippen LogP contribution >= 0.6 is 7.60 Å². The fourth-order valence-corrected chi connectivity index (χ4v) is 4.11. The molecule has 2 atom stereocenters. The van der Waals surface area contributed by atoms with Crippen molar-refractivity contribution in [2.24, 2.45) is 0 Å². The van der Waals surface area contributed by atoms with Gasteiger partial charge >= 0.3 is 13.6 Å². The van der Waals surface area contributed by atoms with Crippen LogP contribution in [0.3, 0.4) is 0 Å². The largest absolute Gasteiger partial charge is 0.481 e. The molecule has 0 fully saturated rings. The van der Waals surface area contributed by atoms with Gasteiger partial charge in [-0.05, 0) is 29.3 Å². The van der Waals surface area contributed by atoms with Crippen LogP contribution in [0, 0.1) is 0 Å². The Bertz CT molecular complexity index is 993. The molecule has 0 aliphatic carbocycles. The molecule has 3 rings (SSSR count). The summed E-state index contributed by atoms with van der Waals surface area (Å²) < 4.78 is 18.4. The van der Waals surface area contributed by atoms with Gasteiger partial charge in [-0.3, -0.25) is 4.79 Å². The molecular formula is C20H19O5P. The zero-order valence-electron chi connectivity index (χ0n) is 14.2. The summed E-state index contributed by atoms with van der Waals surface area (Å²) in [5, 5.41) is 10.9. The highest BCUT2D eigenvalue weighted by Crippen LogP contribution is 2.57. The van der Waals surface area contributed by atoms with Crippen molar-refractivity contribution in [1.29, 1.82) is 0 Å². The molecule has 26 heavy (non-hydrogen) atoms. The van der Waals surface area contributed by atoms with Gasteiger partial charge in [-0.1, -0.05) is 60.7 Å². The molecule has 3 aromatic carbocycles. The van der Waals surface area contributed by atoms with E-state index in [9.17, 15) is 14.3 Å². The zero-order chi connectivity index (χ0) is 18.7. The first-order valence-corrected chi connectivity index (χ1v) is 9.82. The molecule has 0 spiro atoms. The van der Waals surface area contributed by atoms with Gasteiger partial charge in [0.25, 0.3) is 0 Å². The van der Waals surface area contributed by atoms with Gasteiger partial charge in [0.05, 0.1) is 12.1 Å². The van der Waals surface area contributed by atoms with Crippen molar-refractivity contribution in [3.05, 3.63) is 77.9 Å². The van der Waals surface area contributed by atoms with Crippen molar-refractivity contribution < 1.29 is 23.9 Å². The third-order valence-corrected chi connectivity index (χ3v) is 6.02. The molecule has 0 bridgehead atoms. The number of fused-ring (bicyclic) bond motifs is 1. The molecule has 134 valence electrons. The predicted molar refractivity (Wildman–Crippen MR) is 101 cm³/mol. The molecule has 2 unspecified atom stereocenters. The van der Waals surface area contributed by atoms with Gasteiger partial charge in [0, 0.05) is 5.56 Å². The summed E-state index contributed by atoms with van der Waals surface area (Å²) in [5.74, 6) is -0.913. The van der Waals surface area contributed by atoms with Crippen molar-refractivity contribution in [1.82, 2.24) is 0 Å². The Morgan fingerprint density at radius 2 is 1.69 bits per heavy atom. The number of carbonyl (C=O) groups is 1. The van der Waals surface area contributed by atoms with Gasteiger partial charge in [0.15, 0.2) is 0 Å². The predicted octanol–water partition coefficient (Wildman–Crippen LogP) is 4.79. The first-order valence-electron chi connectivity index (χ1n) is 8.18. The van der Waals surface area contributed by atoms with Gasteiger partial charge in [0.2, 0.25) is 0 Å². The number of hydrogen-bond donors (Lipinski definition) is 2. The first-order chi connectivity index (χ1) is 12.4. The fourth-order valence-electron chi connectivity index (χ4n) is 2.91. The number of aliphatic carboxylic acids is 1. The standard InChI is InChI=1S/C20H19O5P/c1-14(17-11-6-9-15-7-2-4-10-18(15)17)26(23,24)25-19-12-5-3-8-16(19)13-20(21)22/h2-12,14H,13H2,1H3,(H,21,22)(H,23,24). The molecule has 0 saturated carbocycles. The third-order valence-electron chi connectivity index (χ3n) is 4.31. The van der Waals surface area contributed by atoms with E-state index >= 15 is 0 Å². The molecule has 0 saturated heterocycles. The monoisotopic (exact) mass is 370 g/mol. The van der Waals surface area contributed by atoms with Crippen LogP contribution in [-0.2, 0) is 15.8 Å². The van der Waals surface area contributed by atoms with E-state index in [-0.39, 0.29) is 12.2 Å². The normalized spacial score (nSPS) is 14.5. The number of rotatable bonds is 6. The second kappa shape index (κ2) is 7.32. The Balaban J connectivity index is 1.95. The van der Waals surface area contributed by atoms with E-state index in [1.807, 2.05) is 42.5 Å². The molecule has 2 N–H and O–H groups in total. The lowest BCUT2D eigenvalue weighted by molar-refractivity contribution is -0.136. The van der Waals surface area contributed by atoms with Crippen LogP contribution in [0.15, 0.2) is 66.7 Å². The van der Waals surface area contributed by atoms with Gasteiger partial charge in [0.1, 0.15) is 5.75 Å². The lowest BCUT2D eigenvalue weighted by Gasteiger charge is -2.22. The first kappa shape index (κ1) is 18.2. The summed E-state index contributed by atoms with van der Waals surface area (Å²) >= 11 is 0. The van der Waals surface area contributed by atoms with Crippen molar-refractivity contribution in [2.45, 2.75) is 19.0 Å². The minimum Gasteiger partial charge on any atom is -0.481 e. The second-order valence-electron chi connectivity index (χ2n) is 6.08. The molecular weight excluding hydrogens is 351 g/mol. The van der Waals surface area contributed by atoms with Crippen LogP contribution < -0.4 is 4.52 Å². The number of benzene rings is 3. The van der Waals surface area contributed by atoms with E-state index in [4.69, 9.17) is 9.63 Å². The van der Waals surface area contributed by atoms with Crippen molar-refractivity contribution >= 4 is 24.3 Å². The average Bonchev–Trinajstić information content (AvgIpc) is 2.61. The van der Waals surface area contributed by atoms with E-state index in [1.54, 1.807) is 25.1 Å². The quantitative estimate of drug-likeness (QED) is 0.610. The molecule has 0 amide bonds. The highest BCUT2D eigenvalue weighted by Gasteiger charge is 2.33. The highest BCUT2D eigenvalue weighted by molar-refractivity contribution is 7.53. The zero-order valence-corrected chi connectivity index (χ0v) is 15.1. The van der Waals surface area contributed by atoms with Gasteiger partial charge in [-0.25, -0.2) is 4.57 Å². The number of hydrogen-bond acceptors (Lipinski definition) is 3. The summed E-state index contributed by atoms with van der Waals surface area (Å²) in [5.41, 5.74) is 0.301. The lowest BCUT2D eigenvalue weighted by atomic mass is 10.0. The maximum Gasteiger partial charge on any atom is 0.383 e. The van der Waals surface area contributed by atoms with Crippen LogP contribution in [0.4, 0.5) is 0 Å². The number of para-hydroxylation sites is 1. The highest BCUT2D eigenvalue weighted by atomic mass is 31.2. The minimum absolute atomic E-state index is 0.118. The summed E-state index contributed by atoms with van der Waals surface area (Å²) in [6.07, 6.45) is -0.279. The van der Waals surface area contributed by atoms with Gasteiger partial charge < -0.3 is 14.5 Å². The summed E-state index contributed by atoms with van der Waals surface area (Å²) in [7, 11) is -4.10.